The molecule has 1 aliphatic heterocycles. The van der Waals surface area contributed by atoms with Crippen LogP contribution in [0.2, 0.25) is 0 Å². The van der Waals surface area contributed by atoms with Gasteiger partial charge in [-0.3, -0.25) is 9.59 Å². The number of carbonyl (C=O) groups is 2. The first-order chi connectivity index (χ1) is 12.1. The first kappa shape index (κ1) is 17.2. The van der Waals surface area contributed by atoms with E-state index in [2.05, 4.69) is 10.6 Å². The van der Waals surface area contributed by atoms with E-state index in [9.17, 15) is 9.59 Å². The Labute approximate surface area is 148 Å². The summed E-state index contributed by atoms with van der Waals surface area (Å²) in [6, 6.07) is 16.5. The van der Waals surface area contributed by atoms with E-state index in [0.717, 1.165) is 31.6 Å². The van der Waals surface area contributed by atoms with Crippen molar-refractivity contribution in [3.05, 3.63) is 65.7 Å². The van der Waals surface area contributed by atoms with Crippen LogP contribution < -0.4 is 15.5 Å². The first-order valence-corrected chi connectivity index (χ1v) is 8.60. The number of benzene rings is 2. The Morgan fingerprint density at radius 1 is 1.08 bits per heavy atom. The number of hydrogen-bond acceptors (Lipinski definition) is 3. The minimum atomic E-state index is -0.139. The third kappa shape index (κ3) is 4.25. The van der Waals surface area contributed by atoms with Gasteiger partial charge >= 0.3 is 0 Å². The number of piperidine rings is 1. The molecule has 0 aromatic heterocycles. The lowest BCUT2D eigenvalue weighted by Gasteiger charge is -2.24. The lowest BCUT2D eigenvalue weighted by atomic mass is 10.1. The maximum atomic E-state index is 12.7. The van der Waals surface area contributed by atoms with Crippen LogP contribution in [0.1, 0.15) is 33.6 Å². The highest BCUT2D eigenvalue weighted by molar-refractivity contribution is 6.07. The van der Waals surface area contributed by atoms with Gasteiger partial charge in [-0.05, 0) is 49.7 Å². The SMILES string of the molecule is CN(C(=O)c1cccc(C(=O)NC2CCCNC2)c1)c1ccccc1. The zero-order valence-corrected chi connectivity index (χ0v) is 14.4. The van der Waals surface area contributed by atoms with Gasteiger partial charge in [-0.15, -0.1) is 0 Å². The minimum Gasteiger partial charge on any atom is -0.348 e. The number of amides is 2. The largest absolute Gasteiger partial charge is 0.348 e. The normalized spacial score (nSPS) is 16.9. The molecular formula is C20H23N3O2. The molecular weight excluding hydrogens is 314 g/mol. The topological polar surface area (TPSA) is 61.4 Å². The molecule has 2 aromatic rings. The van der Waals surface area contributed by atoms with E-state index in [1.807, 2.05) is 30.3 Å². The smallest absolute Gasteiger partial charge is 0.258 e. The number of hydrogen-bond donors (Lipinski definition) is 2. The fraction of sp³-hybridized carbons (Fsp3) is 0.300. The Balaban J connectivity index is 1.72. The van der Waals surface area contributed by atoms with Crippen LogP contribution in [-0.2, 0) is 0 Å². The van der Waals surface area contributed by atoms with E-state index in [-0.39, 0.29) is 17.9 Å². The Morgan fingerprint density at radius 2 is 1.84 bits per heavy atom. The predicted molar refractivity (Wildman–Crippen MR) is 99.0 cm³/mol. The molecule has 1 unspecified atom stereocenters. The van der Waals surface area contributed by atoms with Gasteiger partial charge in [-0.1, -0.05) is 24.3 Å². The van der Waals surface area contributed by atoms with Crippen LogP contribution >= 0.6 is 0 Å². The van der Waals surface area contributed by atoms with Gasteiger partial charge in [0, 0.05) is 36.4 Å². The number of para-hydroxylation sites is 1. The summed E-state index contributed by atoms with van der Waals surface area (Å²) in [6.45, 7) is 1.79. The van der Waals surface area contributed by atoms with Crippen molar-refractivity contribution < 1.29 is 9.59 Å². The highest BCUT2D eigenvalue weighted by Gasteiger charge is 2.18. The number of nitrogens with zero attached hydrogens (tertiary/aromatic N) is 1. The van der Waals surface area contributed by atoms with Gasteiger partial charge in [0.05, 0.1) is 0 Å². The summed E-state index contributed by atoms with van der Waals surface area (Å²) in [7, 11) is 1.73. The fourth-order valence-electron chi connectivity index (χ4n) is 3.00. The van der Waals surface area contributed by atoms with Gasteiger partial charge in [-0.2, -0.15) is 0 Å². The van der Waals surface area contributed by atoms with Crippen molar-refractivity contribution in [1.82, 2.24) is 10.6 Å². The Hall–Kier alpha value is -2.66. The van der Waals surface area contributed by atoms with Crippen molar-refractivity contribution in [2.24, 2.45) is 0 Å². The average Bonchev–Trinajstić information content (AvgIpc) is 2.68. The molecule has 5 nitrogen and oxygen atoms in total. The Bertz CT molecular complexity index is 740. The van der Waals surface area contributed by atoms with E-state index in [1.165, 1.54) is 0 Å². The number of anilines is 1. The summed E-state index contributed by atoms with van der Waals surface area (Å²) in [6.07, 6.45) is 2.04. The van der Waals surface area contributed by atoms with Crippen LogP contribution in [0.15, 0.2) is 54.6 Å². The summed E-state index contributed by atoms with van der Waals surface area (Å²) < 4.78 is 0. The molecule has 3 rings (SSSR count). The van der Waals surface area contributed by atoms with E-state index in [0.29, 0.717) is 11.1 Å². The van der Waals surface area contributed by atoms with Crippen molar-refractivity contribution in [1.29, 1.82) is 0 Å². The van der Waals surface area contributed by atoms with Crippen molar-refractivity contribution >= 4 is 17.5 Å². The average molecular weight is 337 g/mol. The molecule has 2 N–H and O–H groups in total. The van der Waals surface area contributed by atoms with Crippen molar-refractivity contribution in [2.75, 3.05) is 25.0 Å². The van der Waals surface area contributed by atoms with Crippen LogP contribution in [0.3, 0.4) is 0 Å². The molecule has 1 aliphatic rings. The van der Waals surface area contributed by atoms with Crippen molar-refractivity contribution in [3.63, 3.8) is 0 Å². The molecule has 5 heteroatoms. The molecule has 25 heavy (non-hydrogen) atoms. The van der Waals surface area contributed by atoms with E-state index in [1.54, 1.807) is 36.2 Å². The maximum absolute atomic E-state index is 12.7. The molecule has 0 bridgehead atoms. The Kier molecular flexibility index (Phi) is 5.46. The quantitative estimate of drug-likeness (QED) is 0.901. The monoisotopic (exact) mass is 337 g/mol. The third-order valence-corrected chi connectivity index (χ3v) is 4.45. The molecule has 1 heterocycles. The van der Waals surface area contributed by atoms with Crippen molar-refractivity contribution in [2.45, 2.75) is 18.9 Å². The lowest BCUT2D eigenvalue weighted by molar-refractivity contribution is 0.0930. The fourth-order valence-corrected chi connectivity index (χ4v) is 3.00. The highest BCUT2D eigenvalue weighted by Crippen LogP contribution is 2.16. The molecule has 2 aromatic carbocycles. The molecule has 0 radical (unpaired) electrons. The van der Waals surface area contributed by atoms with Gasteiger partial charge in [0.15, 0.2) is 0 Å². The van der Waals surface area contributed by atoms with Crippen LogP contribution in [0.4, 0.5) is 5.69 Å². The molecule has 0 aliphatic carbocycles. The summed E-state index contributed by atoms with van der Waals surface area (Å²) >= 11 is 0. The summed E-state index contributed by atoms with van der Waals surface area (Å²) in [5.74, 6) is -0.272. The van der Waals surface area contributed by atoms with Gasteiger partial charge in [0.2, 0.25) is 0 Å². The van der Waals surface area contributed by atoms with E-state index >= 15 is 0 Å². The zero-order valence-electron chi connectivity index (χ0n) is 14.4. The van der Waals surface area contributed by atoms with Crippen molar-refractivity contribution in [3.8, 4) is 0 Å². The molecule has 0 saturated carbocycles. The van der Waals surface area contributed by atoms with Crippen LogP contribution in [0.5, 0.6) is 0 Å². The standard InChI is InChI=1S/C20H23N3O2/c1-23(18-10-3-2-4-11-18)20(25)16-8-5-7-15(13-16)19(24)22-17-9-6-12-21-14-17/h2-5,7-8,10-11,13,17,21H,6,9,12,14H2,1H3,(H,22,24). The summed E-state index contributed by atoms with van der Waals surface area (Å²) in [5, 5.41) is 6.31. The second-order valence-electron chi connectivity index (χ2n) is 6.30. The molecule has 1 atom stereocenters. The van der Waals surface area contributed by atoms with E-state index in [4.69, 9.17) is 0 Å². The maximum Gasteiger partial charge on any atom is 0.258 e. The summed E-state index contributed by atoms with van der Waals surface area (Å²) in [5.41, 5.74) is 1.83. The second-order valence-corrected chi connectivity index (χ2v) is 6.30. The number of carbonyl (C=O) groups excluding carboxylic acids is 2. The highest BCUT2D eigenvalue weighted by atomic mass is 16.2. The first-order valence-electron chi connectivity index (χ1n) is 8.60. The number of nitrogens with one attached hydrogen (secondary N) is 2. The van der Waals surface area contributed by atoms with Crippen LogP contribution in [0, 0.1) is 0 Å². The molecule has 1 saturated heterocycles. The third-order valence-electron chi connectivity index (χ3n) is 4.45. The zero-order chi connectivity index (χ0) is 17.6. The van der Waals surface area contributed by atoms with Crippen LogP contribution in [0.25, 0.3) is 0 Å². The molecule has 1 fully saturated rings. The molecule has 130 valence electrons. The molecule has 0 spiro atoms. The predicted octanol–water partition coefficient (Wildman–Crippen LogP) is 2.45. The second kappa shape index (κ2) is 7.94. The lowest BCUT2D eigenvalue weighted by Crippen LogP contribution is -2.45. The minimum absolute atomic E-state index is 0.134. The number of rotatable bonds is 4. The van der Waals surface area contributed by atoms with Crippen LogP contribution in [-0.4, -0.2) is 38.0 Å². The molecule has 2 amide bonds. The van der Waals surface area contributed by atoms with Gasteiger partial charge < -0.3 is 15.5 Å². The summed E-state index contributed by atoms with van der Waals surface area (Å²) in [4.78, 5) is 26.7. The van der Waals surface area contributed by atoms with Gasteiger partial charge in [-0.25, -0.2) is 0 Å². The van der Waals surface area contributed by atoms with Gasteiger partial charge in [0.25, 0.3) is 11.8 Å². The van der Waals surface area contributed by atoms with E-state index < -0.39 is 0 Å². The van der Waals surface area contributed by atoms with Gasteiger partial charge in [0.1, 0.15) is 0 Å². The Morgan fingerprint density at radius 3 is 2.56 bits per heavy atom.